The summed E-state index contributed by atoms with van der Waals surface area (Å²) in [6.07, 6.45) is 2.80. The monoisotopic (exact) mass is 405 g/mol. The van der Waals surface area contributed by atoms with Gasteiger partial charge in [-0.3, -0.25) is 9.69 Å². The zero-order valence-electron chi connectivity index (χ0n) is 16.7. The zero-order valence-corrected chi connectivity index (χ0v) is 16.7. The van der Waals surface area contributed by atoms with E-state index in [4.69, 9.17) is 5.11 Å². The molecule has 0 saturated carbocycles. The molecule has 2 aliphatic rings. The number of carbonyl (C=O) groups is 1. The fourth-order valence-corrected chi connectivity index (χ4v) is 4.81. The second-order valence-corrected chi connectivity index (χ2v) is 8.35. The van der Waals surface area contributed by atoms with Crippen LogP contribution in [0.4, 0.5) is 0 Å². The summed E-state index contributed by atoms with van der Waals surface area (Å²) in [6.45, 7) is 3.32. The molecule has 1 fully saturated rings. The van der Waals surface area contributed by atoms with Gasteiger partial charge in [0.05, 0.1) is 12.1 Å². The third-order valence-electron chi connectivity index (χ3n) is 6.27. The molecule has 1 saturated heterocycles. The van der Waals surface area contributed by atoms with E-state index in [1.165, 1.54) is 0 Å². The summed E-state index contributed by atoms with van der Waals surface area (Å²) in [6, 6.07) is 10.5. The summed E-state index contributed by atoms with van der Waals surface area (Å²) in [4.78, 5) is 26.4. The average Bonchev–Trinajstić information content (AvgIpc) is 3.13. The number of piperidine rings is 1. The third-order valence-corrected chi connectivity index (χ3v) is 6.27. The third kappa shape index (κ3) is 3.33. The molecule has 3 aromatic rings. The van der Waals surface area contributed by atoms with Crippen LogP contribution < -0.4 is 5.56 Å². The smallest absolute Gasteiger partial charge is 0.335 e. The summed E-state index contributed by atoms with van der Waals surface area (Å²) in [5.41, 5.74) is 3.02. The number of aryl methyl sites for hydroxylation is 1. The van der Waals surface area contributed by atoms with Crippen molar-refractivity contribution in [2.45, 2.75) is 25.4 Å². The summed E-state index contributed by atoms with van der Waals surface area (Å²) >= 11 is 0. The molecule has 1 aromatic carbocycles. The van der Waals surface area contributed by atoms with Crippen LogP contribution in [0.2, 0.25) is 0 Å². The molecule has 4 heterocycles. The van der Waals surface area contributed by atoms with Crippen LogP contribution in [0.25, 0.3) is 11.1 Å². The van der Waals surface area contributed by atoms with Gasteiger partial charge in [-0.15, -0.1) is 10.2 Å². The number of aromatic carboxylic acids is 1. The van der Waals surface area contributed by atoms with Gasteiger partial charge in [0.2, 0.25) is 0 Å². The van der Waals surface area contributed by atoms with E-state index in [-0.39, 0.29) is 17.0 Å². The molecule has 2 atom stereocenters. The summed E-state index contributed by atoms with van der Waals surface area (Å²) in [5.74, 6) is 0.725. The van der Waals surface area contributed by atoms with Crippen molar-refractivity contribution in [2.24, 2.45) is 13.0 Å². The van der Waals surface area contributed by atoms with Gasteiger partial charge in [-0.2, -0.15) is 0 Å². The molecule has 1 N–H and O–H groups in total. The molecule has 154 valence electrons. The van der Waals surface area contributed by atoms with Gasteiger partial charge in [-0.25, -0.2) is 4.79 Å². The van der Waals surface area contributed by atoms with Gasteiger partial charge < -0.3 is 14.2 Å². The molecule has 2 aliphatic heterocycles. The summed E-state index contributed by atoms with van der Waals surface area (Å²) < 4.78 is 3.87. The number of aromatic nitrogens is 4. The van der Waals surface area contributed by atoms with Crippen LogP contribution in [0.5, 0.6) is 0 Å². The molecular weight excluding hydrogens is 382 g/mol. The van der Waals surface area contributed by atoms with Crippen LogP contribution in [0.1, 0.15) is 34.2 Å². The van der Waals surface area contributed by atoms with E-state index in [0.29, 0.717) is 5.92 Å². The number of hydrogen-bond acceptors (Lipinski definition) is 5. The highest BCUT2D eigenvalue weighted by Gasteiger charge is 2.35. The van der Waals surface area contributed by atoms with Crippen molar-refractivity contribution in [1.82, 2.24) is 24.2 Å². The van der Waals surface area contributed by atoms with Crippen LogP contribution in [-0.2, 0) is 20.1 Å². The van der Waals surface area contributed by atoms with E-state index in [0.717, 1.165) is 55.2 Å². The number of nitrogens with zero attached hydrogens (tertiary/aromatic N) is 5. The topological polar surface area (TPSA) is 93.2 Å². The molecular formula is C22H23N5O3. The van der Waals surface area contributed by atoms with Crippen molar-refractivity contribution in [3.8, 4) is 11.1 Å². The Morgan fingerprint density at radius 1 is 1.13 bits per heavy atom. The predicted octanol–water partition coefficient (Wildman–Crippen LogP) is 1.96. The molecule has 0 spiro atoms. The Labute approximate surface area is 173 Å². The Morgan fingerprint density at radius 2 is 1.93 bits per heavy atom. The minimum absolute atomic E-state index is 0.0151. The lowest BCUT2D eigenvalue weighted by Crippen LogP contribution is -2.47. The van der Waals surface area contributed by atoms with Crippen LogP contribution >= 0.6 is 0 Å². The van der Waals surface area contributed by atoms with E-state index >= 15 is 0 Å². The number of likely N-dealkylation sites (tertiary alicyclic amines) is 1. The molecule has 0 aliphatic carbocycles. The Bertz CT molecular complexity index is 1160. The van der Waals surface area contributed by atoms with Gasteiger partial charge in [0.25, 0.3) is 5.56 Å². The first-order chi connectivity index (χ1) is 14.5. The Hall–Kier alpha value is -3.26. The van der Waals surface area contributed by atoms with Crippen molar-refractivity contribution in [3.63, 3.8) is 0 Å². The Kier molecular flexibility index (Phi) is 4.51. The zero-order chi connectivity index (χ0) is 20.8. The second kappa shape index (κ2) is 7.21. The summed E-state index contributed by atoms with van der Waals surface area (Å²) in [5, 5.41) is 17.3. The predicted molar refractivity (Wildman–Crippen MR) is 110 cm³/mol. The first-order valence-corrected chi connectivity index (χ1v) is 10.1. The lowest BCUT2D eigenvalue weighted by Gasteiger charge is -2.42. The van der Waals surface area contributed by atoms with Crippen molar-refractivity contribution >= 4 is 5.97 Å². The average molecular weight is 405 g/mol. The fraction of sp³-hybridized carbons (Fsp3) is 0.364. The van der Waals surface area contributed by atoms with Gasteiger partial charge in [0.1, 0.15) is 12.2 Å². The van der Waals surface area contributed by atoms with Gasteiger partial charge in [0.15, 0.2) is 0 Å². The van der Waals surface area contributed by atoms with Crippen molar-refractivity contribution in [2.75, 3.05) is 13.1 Å². The molecule has 0 radical (unpaired) electrons. The second-order valence-electron chi connectivity index (χ2n) is 8.35. The number of rotatable bonds is 4. The van der Waals surface area contributed by atoms with Gasteiger partial charge >= 0.3 is 5.97 Å². The minimum Gasteiger partial charge on any atom is -0.478 e. The maximum Gasteiger partial charge on any atom is 0.335 e. The first-order valence-electron chi connectivity index (χ1n) is 10.1. The van der Waals surface area contributed by atoms with E-state index < -0.39 is 5.97 Å². The molecule has 2 aromatic heterocycles. The maximum absolute atomic E-state index is 12.9. The van der Waals surface area contributed by atoms with Gasteiger partial charge in [0, 0.05) is 44.4 Å². The number of hydrogen-bond donors (Lipinski definition) is 1. The van der Waals surface area contributed by atoms with Crippen LogP contribution in [0.3, 0.4) is 0 Å². The Balaban J connectivity index is 1.45. The number of pyridine rings is 1. The van der Waals surface area contributed by atoms with Crippen molar-refractivity contribution in [3.05, 3.63) is 70.2 Å². The van der Waals surface area contributed by atoms with Crippen LogP contribution in [0, 0.1) is 5.92 Å². The highest BCUT2D eigenvalue weighted by Crippen LogP contribution is 2.37. The fourth-order valence-electron chi connectivity index (χ4n) is 4.81. The first kappa shape index (κ1) is 18.7. The normalized spacial score (nSPS) is 20.7. The highest BCUT2D eigenvalue weighted by atomic mass is 16.4. The van der Waals surface area contributed by atoms with Gasteiger partial charge in [-0.05, 0) is 41.7 Å². The lowest BCUT2D eigenvalue weighted by molar-refractivity contribution is 0.0697. The van der Waals surface area contributed by atoms with E-state index in [9.17, 15) is 9.59 Å². The number of carboxylic acid groups (broad SMARTS) is 1. The minimum atomic E-state index is -0.955. The number of carboxylic acids is 1. The maximum atomic E-state index is 12.9. The number of benzene rings is 1. The molecule has 30 heavy (non-hydrogen) atoms. The van der Waals surface area contributed by atoms with Crippen LogP contribution in [-0.4, -0.2) is 48.4 Å². The molecule has 0 unspecified atom stereocenters. The van der Waals surface area contributed by atoms with Crippen LogP contribution in [0.15, 0.2) is 47.5 Å². The number of fused-ring (bicyclic) bond motifs is 4. The van der Waals surface area contributed by atoms with E-state index in [1.54, 1.807) is 36.7 Å². The molecule has 8 heteroatoms. The lowest BCUT2D eigenvalue weighted by atomic mass is 9.82. The largest absolute Gasteiger partial charge is 0.478 e. The van der Waals surface area contributed by atoms with Gasteiger partial charge in [-0.1, -0.05) is 12.1 Å². The standard InChI is InChI=1S/C22H23N5O3/c1-25-13-23-24-20(25)12-26-9-14-6-18(11-26)19-7-17(8-21(28)27(19)10-14)15-2-4-16(5-3-15)22(29)30/h2-5,7-8,13-14,18H,6,9-12H2,1H3,(H,29,30)/t14-,18+/m0/s1. The molecule has 5 rings (SSSR count). The summed E-state index contributed by atoms with van der Waals surface area (Å²) in [7, 11) is 1.96. The van der Waals surface area contributed by atoms with E-state index in [2.05, 4.69) is 21.2 Å². The molecule has 2 bridgehead atoms. The highest BCUT2D eigenvalue weighted by molar-refractivity contribution is 5.88. The molecule has 0 amide bonds. The Morgan fingerprint density at radius 3 is 2.63 bits per heavy atom. The van der Waals surface area contributed by atoms with E-state index in [1.807, 2.05) is 16.2 Å². The van der Waals surface area contributed by atoms with Crippen molar-refractivity contribution in [1.29, 1.82) is 0 Å². The SMILES string of the molecule is Cn1cnnc1CN1C[C@@H]2C[C@H](C1)c1cc(-c3ccc(C(=O)O)cc3)cc(=O)n1C2. The molecule has 8 nitrogen and oxygen atoms in total. The van der Waals surface area contributed by atoms with Crippen molar-refractivity contribution < 1.29 is 9.90 Å². The quantitative estimate of drug-likeness (QED) is 0.713.